The summed E-state index contributed by atoms with van der Waals surface area (Å²) < 4.78 is 0. The van der Waals surface area contributed by atoms with Crippen molar-refractivity contribution in [2.24, 2.45) is 0 Å². The van der Waals surface area contributed by atoms with Gasteiger partial charge in [0.1, 0.15) is 0 Å². The minimum absolute atomic E-state index is 0.621. The average molecular weight is 317 g/mol. The Morgan fingerprint density at radius 2 is 2.18 bits per heavy atom. The van der Waals surface area contributed by atoms with Crippen molar-refractivity contribution in [3.05, 3.63) is 28.8 Å². The number of alkyl halides is 1. The van der Waals surface area contributed by atoms with E-state index in [4.69, 9.17) is 11.6 Å². The van der Waals surface area contributed by atoms with E-state index in [0.717, 1.165) is 10.4 Å². The third kappa shape index (κ3) is 2.63. The van der Waals surface area contributed by atoms with Crippen LogP contribution in [0.25, 0.3) is 0 Å². The summed E-state index contributed by atoms with van der Waals surface area (Å²) in [6.07, 6.45) is 3.79. The number of hydrogen-bond donors (Lipinski definition) is 0. The van der Waals surface area contributed by atoms with Crippen molar-refractivity contribution >= 4 is 33.2 Å². The molecule has 1 nitrogen and oxygen atoms in total. The topological polar surface area (TPSA) is 3.24 Å². The van der Waals surface area contributed by atoms with Crippen LogP contribution in [-0.4, -0.2) is 12.1 Å². The zero-order valence-corrected chi connectivity index (χ0v) is 12.8. The van der Waals surface area contributed by atoms with Crippen LogP contribution in [0.4, 0.5) is 5.69 Å². The lowest BCUT2D eigenvalue weighted by atomic mass is 10.1. The number of rotatable bonds is 3. The highest BCUT2D eigenvalue weighted by Crippen LogP contribution is 2.36. The number of halogens is 2. The second kappa shape index (κ2) is 5.62. The molecule has 0 N–H and O–H groups in total. The van der Waals surface area contributed by atoms with Gasteiger partial charge in [0.05, 0.1) is 0 Å². The van der Waals surface area contributed by atoms with Gasteiger partial charge < -0.3 is 4.90 Å². The van der Waals surface area contributed by atoms with Crippen LogP contribution in [0, 0.1) is 0 Å². The van der Waals surface area contributed by atoms with E-state index in [-0.39, 0.29) is 0 Å². The number of nitrogens with zero attached hydrogens (tertiary/aromatic N) is 1. The molecule has 1 aliphatic heterocycles. The van der Waals surface area contributed by atoms with Gasteiger partial charge in [0, 0.05) is 28.1 Å². The largest absolute Gasteiger partial charge is 0.366 e. The van der Waals surface area contributed by atoms with Gasteiger partial charge in [-0.15, -0.1) is 0 Å². The highest BCUT2D eigenvalue weighted by atomic mass is 79.9. The summed E-state index contributed by atoms with van der Waals surface area (Å²) in [5.41, 5.74) is 2.65. The van der Waals surface area contributed by atoms with E-state index in [1.165, 1.54) is 30.5 Å². The molecule has 0 radical (unpaired) electrons. The lowest BCUT2D eigenvalue weighted by molar-refractivity contribution is 0.626. The van der Waals surface area contributed by atoms with E-state index >= 15 is 0 Å². The molecule has 94 valence electrons. The first-order valence-electron chi connectivity index (χ1n) is 6.30. The first-order valence-corrected chi connectivity index (χ1v) is 7.80. The second-order valence-corrected chi connectivity index (χ2v) is 5.80. The summed E-state index contributed by atoms with van der Waals surface area (Å²) >= 11 is 9.72. The standard InChI is InChI=1S/C14H19BrClN/c1-3-13-7-4-10(2)17(13)14-8-12(16)6-5-11(14)9-15/h5-6,8,10,13H,3-4,7,9H2,1-2H3. The van der Waals surface area contributed by atoms with E-state index in [1.807, 2.05) is 6.07 Å². The average Bonchev–Trinajstić information content (AvgIpc) is 2.70. The zero-order chi connectivity index (χ0) is 12.4. The lowest BCUT2D eigenvalue weighted by Crippen LogP contribution is -2.34. The molecule has 1 saturated heterocycles. The summed E-state index contributed by atoms with van der Waals surface area (Å²) in [7, 11) is 0. The van der Waals surface area contributed by atoms with Crippen LogP contribution < -0.4 is 4.90 Å². The van der Waals surface area contributed by atoms with Gasteiger partial charge in [0.15, 0.2) is 0 Å². The van der Waals surface area contributed by atoms with E-state index < -0.39 is 0 Å². The monoisotopic (exact) mass is 315 g/mol. The van der Waals surface area contributed by atoms with E-state index in [9.17, 15) is 0 Å². The Morgan fingerprint density at radius 3 is 2.82 bits per heavy atom. The molecule has 0 amide bonds. The molecule has 2 rings (SSSR count). The maximum atomic E-state index is 6.15. The van der Waals surface area contributed by atoms with Gasteiger partial charge in [-0.05, 0) is 43.9 Å². The van der Waals surface area contributed by atoms with Crippen LogP contribution in [-0.2, 0) is 5.33 Å². The maximum Gasteiger partial charge on any atom is 0.0427 e. The highest BCUT2D eigenvalue weighted by Gasteiger charge is 2.30. The summed E-state index contributed by atoms with van der Waals surface area (Å²) in [6.45, 7) is 4.59. The minimum Gasteiger partial charge on any atom is -0.366 e. The molecule has 1 aliphatic rings. The van der Waals surface area contributed by atoms with Crippen LogP contribution in [0.1, 0.15) is 38.7 Å². The zero-order valence-electron chi connectivity index (χ0n) is 10.4. The molecular weight excluding hydrogens is 298 g/mol. The molecule has 17 heavy (non-hydrogen) atoms. The van der Waals surface area contributed by atoms with Crippen LogP contribution >= 0.6 is 27.5 Å². The van der Waals surface area contributed by atoms with E-state index in [2.05, 4.69) is 46.8 Å². The van der Waals surface area contributed by atoms with Crippen molar-refractivity contribution < 1.29 is 0 Å². The Bertz CT molecular complexity index is 394. The van der Waals surface area contributed by atoms with Crippen molar-refractivity contribution in [1.29, 1.82) is 0 Å². The predicted molar refractivity (Wildman–Crippen MR) is 79.3 cm³/mol. The van der Waals surface area contributed by atoms with Gasteiger partial charge in [0.25, 0.3) is 0 Å². The third-order valence-corrected chi connectivity index (χ3v) is 4.57. The predicted octanol–water partition coefficient (Wildman–Crippen LogP) is 5.00. The van der Waals surface area contributed by atoms with Crippen molar-refractivity contribution in [1.82, 2.24) is 0 Å². The highest BCUT2D eigenvalue weighted by molar-refractivity contribution is 9.08. The first-order chi connectivity index (χ1) is 8.17. The Kier molecular flexibility index (Phi) is 4.37. The van der Waals surface area contributed by atoms with E-state index in [0.29, 0.717) is 12.1 Å². The van der Waals surface area contributed by atoms with Crippen LogP contribution in [0.2, 0.25) is 5.02 Å². The molecule has 1 fully saturated rings. The van der Waals surface area contributed by atoms with Crippen molar-refractivity contribution in [2.75, 3.05) is 4.90 Å². The molecule has 0 bridgehead atoms. The fourth-order valence-corrected chi connectivity index (χ4v) is 3.44. The quantitative estimate of drug-likeness (QED) is 0.709. The molecule has 0 saturated carbocycles. The summed E-state index contributed by atoms with van der Waals surface area (Å²) in [5.74, 6) is 0. The third-order valence-electron chi connectivity index (χ3n) is 3.73. The van der Waals surface area contributed by atoms with E-state index in [1.54, 1.807) is 0 Å². The van der Waals surface area contributed by atoms with Gasteiger partial charge in [-0.2, -0.15) is 0 Å². The van der Waals surface area contributed by atoms with Gasteiger partial charge in [0.2, 0.25) is 0 Å². The smallest absolute Gasteiger partial charge is 0.0427 e. The SMILES string of the molecule is CCC1CCC(C)N1c1cc(Cl)ccc1CBr. The summed E-state index contributed by atoms with van der Waals surface area (Å²) in [4.78, 5) is 2.56. The molecule has 1 aromatic carbocycles. The normalized spacial score (nSPS) is 24.4. The fourth-order valence-electron chi connectivity index (χ4n) is 2.80. The van der Waals surface area contributed by atoms with Gasteiger partial charge >= 0.3 is 0 Å². The Balaban J connectivity index is 2.40. The summed E-state index contributed by atoms with van der Waals surface area (Å²) in [5, 5.41) is 1.72. The second-order valence-electron chi connectivity index (χ2n) is 4.80. The Labute approximate surface area is 117 Å². The number of benzene rings is 1. The molecule has 0 aromatic heterocycles. The van der Waals surface area contributed by atoms with Crippen LogP contribution in [0.5, 0.6) is 0 Å². The minimum atomic E-state index is 0.621. The molecule has 0 spiro atoms. The molecule has 0 aliphatic carbocycles. The summed E-state index contributed by atoms with van der Waals surface area (Å²) in [6, 6.07) is 7.51. The van der Waals surface area contributed by atoms with Gasteiger partial charge in [-0.25, -0.2) is 0 Å². The fraction of sp³-hybridized carbons (Fsp3) is 0.571. The maximum absolute atomic E-state index is 6.15. The molecular formula is C14H19BrClN. The molecule has 3 heteroatoms. The van der Waals surface area contributed by atoms with Crippen molar-refractivity contribution in [3.8, 4) is 0 Å². The lowest BCUT2D eigenvalue weighted by Gasteiger charge is -2.32. The molecule has 2 atom stereocenters. The Morgan fingerprint density at radius 1 is 1.41 bits per heavy atom. The first kappa shape index (κ1) is 13.2. The van der Waals surface area contributed by atoms with Gasteiger partial charge in [-0.3, -0.25) is 0 Å². The van der Waals surface area contributed by atoms with Crippen molar-refractivity contribution in [3.63, 3.8) is 0 Å². The Hall–Kier alpha value is -0.210. The number of anilines is 1. The van der Waals surface area contributed by atoms with Crippen LogP contribution in [0.3, 0.4) is 0 Å². The van der Waals surface area contributed by atoms with Crippen molar-refractivity contribution in [2.45, 2.75) is 50.5 Å². The molecule has 1 heterocycles. The van der Waals surface area contributed by atoms with Gasteiger partial charge in [-0.1, -0.05) is 40.5 Å². The molecule has 1 aromatic rings. The number of hydrogen-bond acceptors (Lipinski definition) is 1. The van der Waals surface area contributed by atoms with Crippen LogP contribution in [0.15, 0.2) is 18.2 Å². The molecule has 2 unspecified atom stereocenters.